The van der Waals surface area contributed by atoms with E-state index >= 15 is 0 Å². The van der Waals surface area contributed by atoms with E-state index in [-0.39, 0.29) is 10.4 Å². The fourth-order valence-electron chi connectivity index (χ4n) is 2.61. The van der Waals surface area contributed by atoms with Crippen LogP contribution in [-0.4, -0.2) is 17.5 Å². The van der Waals surface area contributed by atoms with Gasteiger partial charge in [-0.15, -0.1) is 0 Å². The van der Waals surface area contributed by atoms with Gasteiger partial charge in [-0.2, -0.15) is 24.9 Å². The van der Waals surface area contributed by atoms with Gasteiger partial charge in [-0.25, -0.2) is 0 Å². The lowest BCUT2D eigenvalue weighted by atomic mass is 10.1. The van der Waals surface area contributed by atoms with Gasteiger partial charge in [-0.3, -0.25) is 0 Å². The quantitative estimate of drug-likeness (QED) is 0.855. The van der Waals surface area contributed by atoms with Gasteiger partial charge in [0.05, 0.1) is 5.56 Å². The lowest BCUT2D eigenvalue weighted by Gasteiger charge is -2.28. The van der Waals surface area contributed by atoms with Crippen LogP contribution in [0.3, 0.4) is 0 Å². The van der Waals surface area contributed by atoms with Crippen molar-refractivity contribution in [3.63, 3.8) is 0 Å². The Hall–Kier alpha value is -0.840. The molecular weight excluding hydrogens is 271 g/mol. The summed E-state index contributed by atoms with van der Waals surface area (Å²) < 4.78 is 38.7. The number of hydrogen-bond donors (Lipinski definition) is 1. The molecule has 1 saturated carbocycles. The van der Waals surface area contributed by atoms with E-state index in [0.717, 1.165) is 18.9 Å². The van der Waals surface area contributed by atoms with Crippen LogP contribution in [0.2, 0.25) is 0 Å². The van der Waals surface area contributed by atoms with Gasteiger partial charge in [-0.05, 0) is 31.2 Å². The van der Waals surface area contributed by atoms with Crippen LogP contribution >= 0.6 is 11.8 Å². The topological polar surface area (TPSA) is 12.0 Å². The molecule has 1 fully saturated rings. The molecule has 19 heavy (non-hydrogen) atoms. The van der Waals surface area contributed by atoms with Gasteiger partial charge in [-0.1, -0.05) is 25.0 Å². The van der Waals surface area contributed by atoms with Crippen molar-refractivity contribution in [1.29, 1.82) is 0 Å². The first-order chi connectivity index (χ1) is 8.97. The molecule has 0 amide bonds. The van der Waals surface area contributed by atoms with Gasteiger partial charge in [0.25, 0.3) is 0 Å². The highest BCUT2D eigenvalue weighted by Crippen LogP contribution is 2.41. The highest BCUT2D eigenvalue weighted by molar-refractivity contribution is 8.00. The fourth-order valence-corrected chi connectivity index (χ4v) is 3.53. The number of rotatable bonds is 4. The molecular formula is C14H18F3NS. The van der Waals surface area contributed by atoms with Crippen molar-refractivity contribution in [2.24, 2.45) is 0 Å². The second kappa shape index (κ2) is 5.65. The van der Waals surface area contributed by atoms with Crippen LogP contribution in [0, 0.1) is 0 Å². The van der Waals surface area contributed by atoms with Crippen LogP contribution in [0.4, 0.5) is 18.9 Å². The lowest BCUT2D eigenvalue weighted by Crippen LogP contribution is -2.30. The third-order valence-corrected chi connectivity index (χ3v) is 5.20. The third kappa shape index (κ3) is 3.38. The van der Waals surface area contributed by atoms with Crippen molar-refractivity contribution in [3.05, 3.63) is 29.8 Å². The van der Waals surface area contributed by atoms with E-state index in [9.17, 15) is 13.2 Å². The zero-order chi connectivity index (χ0) is 13.9. The minimum Gasteiger partial charge on any atom is -0.383 e. The Morgan fingerprint density at radius 2 is 1.84 bits per heavy atom. The largest absolute Gasteiger partial charge is 0.418 e. The molecule has 1 aliphatic rings. The van der Waals surface area contributed by atoms with Crippen LogP contribution in [0.1, 0.15) is 31.2 Å². The smallest absolute Gasteiger partial charge is 0.383 e. The third-order valence-electron chi connectivity index (χ3n) is 3.78. The SMILES string of the molecule is CSC1(CNc2ccccc2C(F)(F)F)CCCC1. The first-order valence-corrected chi connectivity index (χ1v) is 7.65. The molecule has 0 saturated heterocycles. The molecule has 1 nitrogen and oxygen atoms in total. The molecule has 0 unspecified atom stereocenters. The number of benzene rings is 1. The standard InChI is InChI=1S/C14H18F3NS/c1-19-13(8-4-5-9-13)10-18-12-7-3-2-6-11(12)14(15,16)17/h2-3,6-7,18H,4-5,8-10H2,1H3. The van der Waals surface area contributed by atoms with Crippen LogP contribution in [0.25, 0.3) is 0 Å². The number of anilines is 1. The summed E-state index contributed by atoms with van der Waals surface area (Å²) in [5, 5.41) is 3.01. The average Bonchev–Trinajstić information content (AvgIpc) is 2.85. The fraction of sp³-hybridized carbons (Fsp3) is 0.571. The molecule has 1 aliphatic carbocycles. The second-order valence-corrected chi connectivity index (χ2v) is 6.27. The molecule has 0 radical (unpaired) electrons. The number of hydrogen-bond acceptors (Lipinski definition) is 2. The van der Waals surface area contributed by atoms with Crippen molar-refractivity contribution in [1.82, 2.24) is 0 Å². The van der Waals surface area contributed by atoms with E-state index in [1.165, 1.54) is 25.0 Å². The van der Waals surface area contributed by atoms with E-state index in [4.69, 9.17) is 0 Å². The van der Waals surface area contributed by atoms with E-state index < -0.39 is 11.7 Å². The Morgan fingerprint density at radius 1 is 1.21 bits per heavy atom. The maximum atomic E-state index is 12.9. The molecule has 5 heteroatoms. The molecule has 0 aliphatic heterocycles. The van der Waals surface area contributed by atoms with Crippen LogP contribution < -0.4 is 5.32 Å². The van der Waals surface area contributed by atoms with Crippen molar-refractivity contribution < 1.29 is 13.2 Å². The molecule has 106 valence electrons. The van der Waals surface area contributed by atoms with Gasteiger partial charge in [0.2, 0.25) is 0 Å². The maximum absolute atomic E-state index is 12.9. The molecule has 0 spiro atoms. The van der Waals surface area contributed by atoms with Gasteiger partial charge in [0.1, 0.15) is 0 Å². The average molecular weight is 289 g/mol. The summed E-state index contributed by atoms with van der Waals surface area (Å²) in [7, 11) is 0. The van der Waals surface area contributed by atoms with Crippen molar-refractivity contribution >= 4 is 17.4 Å². The molecule has 1 N–H and O–H groups in total. The molecule has 1 aromatic rings. The Balaban J connectivity index is 2.11. The number of nitrogens with one attached hydrogen (secondary N) is 1. The summed E-state index contributed by atoms with van der Waals surface area (Å²) in [5.74, 6) is 0. The van der Waals surface area contributed by atoms with E-state index in [1.54, 1.807) is 17.8 Å². The Labute approximate surface area is 116 Å². The molecule has 0 aromatic heterocycles. The number of halogens is 3. The molecule has 1 aromatic carbocycles. The molecule has 0 bridgehead atoms. The Kier molecular flexibility index (Phi) is 4.33. The van der Waals surface area contributed by atoms with Crippen LogP contribution in [0.5, 0.6) is 0 Å². The van der Waals surface area contributed by atoms with Gasteiger partial charge < -0.3 is 5.32 Å². The van der Waals surface area contributed by atoms with Crippen LogP contribution in [-0.2, 0) is 6.18 Å². The van der Waals surface area contributed by atoms with Crippen LogP contribution in [0.15, 0.2) is 24.3 Å². The maximum Gasteiger partial charge on any atom is 0.418 e. The molecule has 2 rings (SSSR count). The highest BCUT2D eigenvalue weighted by Gasteiger charge is 2.35. The summed E-state index contributed by atoms with van der Waals surface area (Å²) in [5.41, 5.74) is -0.389. The second-order valence-electron chi connectivity index (χ2n) is 4.99. The van der Waals surface area contributed by atoms with Crippen molar-refractivity contribution in [2.75, 3.05) is 18.1 Å². The number of alkyl halides is 3. The summed E-state index contributed by atoms with van der Waals surface area (Å²) in [6.45, 7) is 0.598. The zero-order valence-electron chi connectivity index (χ0n) is 10.9. The monoisotopic (exact) mass is 289 g/mol. The van der Waals surface area contributed by atoms with Crippen molar-refractivity contribution in [3.8, 4) is 0 Å². The van der Waals surface area contributed by atoms with Gasteiger partial charge in [0, 0.05) is 17.0 Å². The summed E-state index contributed by atoms with van der Waals surface area (Å²) in [4.78, 5) is 0. The zero-order valence-corrected chi connectivity index (χ0v) is 11.7. The Morgan fingerprint density at radius 3 is 2.42 bits per heavy atom. The lowest BCUT2D eigenvalue weighted by molar-refractivity contribution is -0.136. The Bertz CT molecular complexity index is 425. The summed E-state index contributed by atoms with van der Waals surface area (Å²) >= 11 is 1.77. The predicted octanol–water partition coefficient (Wildman–Crippen LogP) is 4.79. The highest BCUT2D eigenvalue weighted by atomic mass is 32.2. The molecule has 0 atom stereocenters. The minimum atomic E-state index is -4.30. The summed E-state index contributed by atoms with van der Waals surface area (Å²) in [6, 6.07) is 5.69. The molecule has 0 heterocycles. The first kappa shape index (κ1) is 14.6. The number of para-hydroxylation sites is 1. The van der Waals surface area contributed by atoms with Gasteiger partial charge >= 0.3 is 6.18 Å². The normalized spacial score (nSPS) is 18.5. The van der Waals surface area contributed by atoms with E-state index in [0.29, 0.717) is 6.54 Å². The first-order valence-electron chi connectivity index (χ1n) is 6.42. The van der Waals surface area contributed by atoms with Crippen molar-refractivity contribution in [2.45, 2.75) is 36.6 Å². The van der Waals surface area contributed by atoms with E-state index in [2.05, 4.69) is 5.32 Å². The minimum absolute atomic E-state index is 0.0959. The van der Waals surface area contributed by atoms with Gasteiger partial charge in [0.15, 0.2) is 0 Å². The number of thioether (sulfide) groups is 1. The summed E-state index contributed by atoms with van der Waals surface area (Å²) in [6.07, 6.45) is 2.24. The van der Waals surface area contributed by atoms with E-state index in [1.807, 2.05) is 6.26 Å². The predicted molar refractivity (Wildman–Crippen MR) is 74.6 cm³/mol.